The Morgan fingerprint density at radius 1 is 0.652 bits per heavy atom. The van der Waals surface area contributed by atoms with Gasteiger partial charge in [0, 0.05) is 14.2 Å². The molecule has 0 aromatic heterocycles. The lowest BCUT2D eigenvalue weighted by Gasteiger charge is -2.23. The first-order valence-corrected chi connectivity index (χ1v) is 7.62. The molecule has 0 bridgehead atoms. The van der Waals surface area contributed by atoms with Crippen molar-refractivity contribution in [1.29, 1.82) is 0 Å². The molecule has 0 spiro atoms. The van der Waals surface area contributed by atoms with Crippen LogP contribution < -0.4 is 5.32 Å². The Morgan fingerprint density at radius 2 is 1.04 bits per heavy atom. The van der Waals surface area contributed by atoms with Crippen molar-refractivity contribution in [1.82, 2.24) is 5.32 Å². The lowest BCUT2D eigenvalue weighted by Crippen LogP contribution is -2.45. The van der Waals surface area contributed by atoms with E-state index < -0.39 is 0 Å². The summed E-state index contributed by atoms with van der Waals surface area (Å²) in [5, 5.41) is 20.2. The number of hydrogen-bond acceptors (Lipinski definition) is 9. The fraction of sp³-hybridized carbons (Fsp3) is 1.00. The molecule has 0 rings (SSSR count). The van der Waals surface area contributed by atoms with E-state index in [1.54, 1.807) is 14.2 Å². The molecule has 0 heterocycles. The Balaban J connectivity index is 3.70. The molecule has 0 saturated heterocycles. The van der Waals surface area contributed by atoms with Crippen LogP contribution in [0.25, 0.3) is 0 Å². The van der Waals surface area contributed by atoms with Gasteiger partial charge in [-0.3, -0.25) is 5.32 Å². The van der Waals surface area contributed by atoms with Crippen molar-refractivity contribution in [3.63, 3.8) is 0 Å². The van der Waals surface area contributed by atoms with Crippen LogP contribution in [0.1, 0.15) is 0 Å². The molecule has 0 aromatic carbocycles. The summed E-state index contributed by atoms with van der Waals surface area (Å²) in [4.78, 5) is 0. The van der Waals surface area contributed by atoms with Gasteiger partial charge in [0.1, 0.15) is 12.5 Å². The minimum atomic E-state index is -0.341. The van der Waals surface area contributed by atoms with E-state index in [4.69, 9.17) is 38.6 Å². The lowest BCUT2D eigenvalue weighted by atomic mass is 10.5. The number of methoxy groups -OCH3 is 2. The highest BCUT2D eigenvalue weighted by Gasteiger charge is 2.14. The van der Waals surface area contributed by atoms with Crippen LogP contribution in [0, 0.1) is 0 Å². The van der Waals surface area contributed by atoms with E-state index in [1.165, 1.54) is 0 Å². The molecule has 9 nitrogen and oxygen atoms in total. The second-order valence-corrected chi connectivity index (χ2v) is 4.44. The molecule has 2 atom stereocenters. The Labute approximate surface area is 137 Å². The van der Waals surface area contributed by atoms with Gasteiger partial charge in [0.2, 0.25) is 0 Å². The number of aliphatic hydroxyl groups excluding tert-OH is 2. The monoisotopic (exact) mass is 341 g/mol. The smallest absolute Gasteiger partial charge is 0.133 e. The molecule has 23 heavy (non-hydrogen) atoms. The molecule has 0 saturated carbocycles. The number of nitrogens with one attached hydrogen (secondary N) is 1. The molecular weight excluding hydrogens is 310 g/mol. The quantitative estimate of drug-likeness (QED) is 0.204. The highest BCUT2D eigenvalue weighted by Crippen LogP contribution is 1.95. The summed E-state index contributed by atoms with van der Waals surface area (Å²) in [5.74, 6) is 0. The van der Waals surface area contributed by atoms with Crippen molar-refractivity contribution in [2.45, 2.75) is 12.5 Å². The second-order valence-electron chi connectivity index (χ2n) is 4.44. The number of hydrogen-bond donors (Lipinski definition) is 3. The maximum atomic E-state index is 8.57. The summed E-state index contributed by atoms with van der Waals surface area (Å²) >= 11 is 0. The topological polar surface area (TPSA) is 108 Å². The number of aliphatic hydroxyl groups is 2. The fourth-order valence-corrected chi connectivity index (χ4v) is 1.53. The van der Waals surface area contributed by atoms with Gasteiger partial charge in [0.15, 0.2) is 0 Å². The third kappa shape index (κ3) is 14.9. The molecule has 2 unspecified atom stereocenters. The maximum absolute atomic E-state index is 8.57. The van der Waals surface area contributed by atoms with Gasteiger partial charge in [-0.15, -0.1) is 0 Å². The predicted octanol–water partition coefficient (Wildman–Crippen LogP) is -1.43. The summed E-state index contributed by atoms with van der Waals surface area (Å²) < 4.78 is 31.5. The van der Waals surface area contributed by atoms with Crippen LogP contribution >= 0.6 is 0 Å². The molecule has 9 heteroatoms. The first-order chi connectivity index (χ1) is 11.3. The van der Waals surface area contributed by atoms with Gasteiger partial charge >= 0.3 is 0 Å². The van der Waals surface area contributed by atoms with Gasteiger partial charge in [0.25, 0.3) is 0 Å². The molecule has 0 aliphatic rings. The molecule has 0 aliphatic carbocycles. The van der Waals surface area contributed by atoms with Crippen molar-refractivity contribution in [3.8, 4) is 0 Å². The minimum absolute atomic E-state index is 0.00279. The Kier molecular flexibility index (Phi) is 17.7. The standard InChI is InChI=1S/C14H31NO8/c1-18-13(11-22-9-7-20-5-3-16)15-14(19-2)12-23-10-8-21-6-4-17/h13-17H,3-12H2,1-2H3. The van der Waals surface area contributed by atoms with Crippen LogP contribution in [0.3, 0.4) is 0 Å². The minimum Gasteiger partial charge on any atom is -0.394 e. The van der Waals surface area contributed by atoms with E-state index in [2.05, 4.69) is 5.32 Å². The molecule has 0 radical (unpaired) electrons. The van der Waals surface area contributed by atoms with Crippen LogP contribution in [-0.4, -0.2) is 103 Å². The predicted molar refractivity (Wildman–Crippen MR) is 82.2 cm³/mol. The van der Waals surface area contributed by atoms with Crippen molar-refractivity contribution in [2.24, 2.45) is 0 Å². The van der Waals surface area contributed by atoms with Gasteiger partial charge in [-0.1, -0.05) is 0 Å². The van der Waals surface area contributed by atoms with Gasteiger partial charge < -0.3 is 38.6 Å². The summed E-state index contributed by atoms with van der Waals surface area (Å²) in [6.07, 6.45) is -0.681. The highest BCUT2D eigenvalue weighted by molar-refractivity contribution is 4.59. The van der Waals surface area contributed by atoms with E-state index in [1.807, 2.05) is 0 Å². The summed E-state index contributed by atoms with van der Waals surface area (Å²) in [7, 11) is 3.14. The van der Waals surface area contributed by atoms with Crippen molar-refractivity contribution < 1.29 is 38.6 Å². The van der Waals surface area contributed by atoms with Crippen molar-refractivity contribution in [3.05, 3.63) is 0 Å². The average molecular weight is 341 g/mol. The third-order valence-electron chi connectivity index (χ3n) is 2.69. The van der Waals surface area contributed by atoms with Crippen molar-refractivity contribution in [2.75, 3.05) is 80.3 Å². The zero-order valence-corrected chi connectivity index (χ0v) is 14.1. The summed E-state index contributed by atoms with van der Waals surface area (Å²) in [6.45, 7) is 2.95. The Bertz CT molecular complexity index is 213. The Hall–Kier alpha value is -0.360. The zero-order chi connectivity index (χ0) is 17.2. The largest absolute Gasteiger partial charge is 0.394 e. The normalized spacial score (nSPS) is 14.1. The highest BCUT2D eigenvalue weighted by atomic mass is 16.6. The van der Waals surface area contributed by atoms with E-state index in [9.17, 15) is 0 Å². The van der Waals surface area contributed by atoms with Gasteiger partial charge in [-0.05, 0) is 0 Å². The summed E-state index contributed by atoms with van der Waals surface area (Å²) in [5.41, 5.74) is 0. The van der Waals surface area contributed by atoms with E-state index in [-0.39, 0.29) is 25.7 Å². The first-order valence-electron chi connectivity index (χ1n) is 7.62. The molecular formula is C14H31NO8. The number of ether oxygens (including phenoxy) is 6. The fourth-order valence-electron chi connectivity index (χ4n) is 1.53. The van der Waals surface area contributed by atoms with Gasteiger partial charge in [0.05, 0.1) is 66.1 Å². The molecule has 0 aromatic rings. The lowest BCUT2D eigenvalue weighted by molar-refractivity contribution is -0.0833. The number of rotatable bonds is 18. The molecule has 0 fully saturated rings. The van der Waals surface area contributed by atoms with Crippen LogP contribution in [0.2, 0.25) is 0 Å². The molecule has 0 amide bonds. The summed E-state index contributed by atoms with van der Waals surface area (Å²) in [6, 6.07) is 0. The Morgan fingerprint density at radius 3 is 1.39 bits per heavy atom. The van der Waals surface area contributed by atoms with Crippen LogP contribution in [0.4, 0.5) is 0 Å². The molecule has 140 valence electrons. The first kappa shape index (κ1) is 22.6. The van der Waals surface area contributed by atoms with Crippen LogP contribution in [-0.2, 0) is 28.4 Å². The maximum Gasteiger partial charge on any atom is 0.133 e. The van der Waals surface area contributed by atoms with Gasteiger partial charge in [-0.2, -0.15) is 0 Å². The van der Waals surface area contributed by atoms with E-state index in [0.29, 0.717) is 52.9 Å². The van der Waals surface area contributed by atoms with Crippen LogP contribution in [0.5, 0.6) is 0 Å². The van der Waals surface area contributed by atoms with E-state index in [0.717, 1.165) is 0 Å². The average Bonchev–Trinajstić information content (AvgIpc) is 2.58. The van der Waals surface area contributed by atoms with Crippen molar-refractivity contribution >= 4 is 0 Å². The molecule has 3 N–H and O–H groups in total. The third-order valence-corrected chi connectivity index (χ3v) is 2.69. The van der Waals surface area contributed by atoms with E-state index >= 15 is 0 Å². The zero-order valence-electron chi connectivity index (χ0n) is 14.1. The SMILES string of the molecule is COC(COCCOCCO)NC(COCCOCCO)OC. The second kappa shape index (κ2) is 18.0. The van der Waals surface area contributed by atoms with Crippen LogP contribution in [0.15, 0.2) is 0 Å². The molecule has 0 aliphatic heterocycles. The van der Waals surface area contributed by atoms with Gasteiger partial charge in [-0.25, -0.2) is 0 Å².